The second-order valence-electron chi connectivity index (χ2n) is 8.67. The number of nitrogens with one attached hydrogen (secondary N) is 1. The number of aryl methyl sites for hydroxylation is 1. The lowest BCUT2D eigenvalue weighted by atomic mass is 10.0. The van der Waals surface area contributed by atoms with Gasteiger partial charge in [-0.1, -0.05) is 19.1 Å². The van der Waals surface area contributed by atoms with Gasteiger partial charge in [0.2, 0.25) is 0 Å². The molecule has 1 heterocycles. The number of carbonyl (C=O) groups is 2. The third-order valence-corrected chi connectivity index (χ3v) is 5.93. The zero-order valence-electron chi connectivity index (χ0n) is 19.7. The number of carboxylic acid groups (broad SMARTS) is 1. The standard InChI is InChI=1S/C28H25F2N3O3/c1-17(28(35)36)4-2-7-24-26(19-8-11-21(29)12-9-19)33-23-13-10-20(15-25(23)32-24)27(34)31-16-18-5-3-6-22(30)14-18/h3,5-6,8-15,17H,2,4,7,16H2,1H3,(H,31,34)(H,35,36). The minimum atomic E-state index is -0.854. The van der Waals surface area contributed by atoms with E-state index >= 15 is 0 Å². The Morgan fingerprint density at radius 2 is 1.72 bits per heavy atom. The molecule has 0 fully saturated rings. The van der Waals surface area contributed by atoms with E-state index in [1.807, 2.05) is 0 Å². The Kier molecular flexibility index (Phi) is 7.63. The van der Waals surface area contributed by atoms with Crippen LogP contribution in [0.4, 0.5) is 8.78 Å². The number of benzene rings is 3. The number of amides is 1. The molecule has 36 heavy (non-hydrogen) atoms. The van der Waals surface area contributed by atoms with Crippen molar-refractivity contribution in [2.75, 3.05) is 0 Å². The molecule has 0 aliphatic rings. The second-order valence-corrected chi connectivity index (χ2v) is 8.67. The number of fused-ring (bicyclic) bond motifs is 1. The summed E-state index contributed by atoms with van der Waals surface area (Å²) in [6.45, 7) is 1.83. The molecule has 3 aromatic carbocycles. The second kappa shape index (κ2) is 11.0. The molecular formula is C28H25F2N3O3. The first-order valence-electron chi connectivity index (χ1n) is 11.6. The van der Waals surface area contributed by atoms with Gasteiger partial charge in [0.15, 0.2) is 0 Å². The molecule has 1 aromatic heterocycles. The van der Waals surface area contributed by atoms with Gasteiger partial charge in [-0.25, -0.2) is 18.7 Å². The van der Waals surface area contributed by atoms with Gasteiger partial charge in [-0.05, 0) is 79.4 Å². The number of rotatable bonds is 9. The Bertz CT molecular complexity index is 1410. The first kappa shape index (κ1) is 24.9. The quantitative estimate of drug-likeness (QED) is 0.322. The van der Waals surface area contributed by atoms with Gasteiger partial charge in [0.25, 0.3) is 5.91 Å². The van der Waals surface area contributed by atoms with Crippen molar-refractivity contribution >= 4 is 22.9 Å². The van der Waals surface area contributed by atoms with Gasteiger partial charge < -0.3 is 10.4 Å². The van der Waals surface area contributed by atoms with Crippen molar-refractivity contribution in [2.45, 2.75) is 32.7 Å². The molecule has 0 saturated heterocycles. The Hall–Kier alpha value is -4.20. The molecule has 1 atom stereocenters. The summed E-state index contributed by atoms with van der Waals surface area (Å²) in [5, 5.41) is 11.9. The van der Waals surface area contributed by atoms with E-state index in [0.29, 0.717) is 58.4 Å². The fraction of sp³-hybridized carbons (Fsp3) is 0.214. The highest BCUT2D eigenvalue weighted by molar-refractivity contribution is 5.97. The van der Waals surface area contributed by atoms with Crippen LogP contribution in [0.5, 0.6) is 0 Å². The maximum atomic E-state index is 13.5. The lowest BCUT2D eigenvalue weighted by molar-refractivity contribution is -0.141. The van der Waals surface area contributed by atoms with Crippen LogP contribution in [0.15, 0.2) is 66.7 Å². The Morgan fingerprint density at radius 1 is 0.944 bits per heavy atom. The maximum absolute atomic E-state index is 13.5. The molecule has 0 saturated carbocycles. The number of hydrogen-bond donors (Lipinski definition) is 2. The van der Waals surface area contributed by atoms with Crippen molar-refractivity contribution < 1.29 is 23.5 Å². The third-order valence-electron chi connectivity index (χ3n) is 5.93. The topological polar surface area (TPSA) is 92.2 Å². The van der Waals surface area contributed by atoms with Crippen LogP contribution in [0.3, 0.4) is 0 Å². The summed E-state index contributed by atoms with van der Waals surface area (Å²) in [5.74, 6) is -2.40. The Labute approximate surface area is 207 Å². The largest absolute Gasteiger partial charge is 0.481 e. The van der Waals surface area contributed by atoms with Crippen molar-refractivity contribution in [1.29, 1.82) is 0 Å². The fourth-order valence-corrected chi connectivity index (χ4v) is 3.88. The highest BCUT2D eigenvalue weighted by atomic mass is 19.1. The molecule has 8 heteroatoms. The van der Waals surface area contributed by atoms with Gasteiger partial charge >= 0.3 is 5.97 Å². The van der Waals surface area contributed by atoms with Crippen LogP contribution >= 0.6 is 0 Å². The van der Waals surface area contributed by atoms with Crippen molar-refractivity contribution in [3.05, 3.63) is 95.2 Å². The minimum Gasteiger partial charge on any atom is -0.481 e. The van der Waals surface area contributed by atoms with Gasteiger partial charge in [-0.15, -0.1) is 0 Å². The Morgan fingerprint density at radius 3 is 2.44 bits per heavy atom. The molecule has 4 aromatic rings. The lowest BCUT2D eigenvalue weighted by Crippen LogP contribution is -2.22. The summed E-state index contributed by atoms with van der Waals surface area (Å²) in [5.41, 5.74) is 4.04. The Balaban J connectivity index is 1.61. The predicted octanol–water partition coefficient (Wildman–Crippen LogP) is 5.55. The average molecular weight is 490 g/mol. The van der Waals surface area contributed by atoms with E-state index in [1.165, 1.54) is 24.3 Å². The van der Waals surface area contributed by atoms with E-state index in [-0.39, 0.29) is 24.1 Å². The van der Waals surface area contributed by atoms with Crippen LogP contribution in [-0.2, 0) is 17.8 Å². The third kappa shape index (κ3) is 6.07. The van der Waals surface area contributed by atoms with E-state index in [4.69, 9.17) is 9.97 Å². The number of aliphatic carboxylic acids is 1. The number of carboxylic acids is 1. The summed E-state index contributed by atoms with van der Waals surface area (Å²) in [6.07, 6.45) is 1.53. The lowest BCUT2D eigenvalue weighted by Gasteiger charge is -2.12. The summed E-state index contributed by atoms with van der Waals surface area (Å²) >= 11 is 0. The maximum Gasteiger partial charge on any atom is 0.306 e. The van der Waals surface area contributed by atoms with Gasteiger partial charge in [0, 0.05) is 17.7 Å². The summed E-state index contributed by atoms with van der Waals surface area (Å²) in [6, 6.07) is 16.9. The minimum absolute atomic E-state index is 0.177. The predicted molar refractivity (Wildman–Crippen MR) is 132 cm³/mol. The van der Waals surface area contributed by atoms with Gasteiger partial charge in [0.1, 0.15) is 11.6 Å². The first-order chi connectivity index (χ1) is 17.3. The molecule has 0 radical (unpaired) electrons. The van der Waals surface area contributed by atoms with Crippen LogP contribution in [0.2, 0.25) is 0 Å². The summed E-state index contributed by atoms with van der Waals surface area (Å²) in [4.78, 5) is 33.4. The molecule has 6 nitrogen and oxygen atoms in total. The number of hydrogen-bond acceptors (Lipinski definition) is 4. The van der Waals surface area contributed by atoms with Gasteiger partial charge in [0.05, 0.1) is 28.3 Å². The van der Waals surface area contributed by atoms with E-state index in [1.54, 1.807) is 49.4 Å². The summed E-state index contributed by atoms with van der Waals surface area (Å²) < 4.78 is 26.9. The van der Waals surface area contributed by atoms with Crippen molar-refractivity contribution in [3.8, 4) is 11.3 Å². The molecule has 4 rings (SSSR count). The molecule has 184 valence electrons. The van der Waals surface area contributed by atoms with Crippen molar-refractivity contribution in [3.63, 3.8) is 0 Å². The van der Waals surface area contributed by atoms with E-state index in [2.05, 4.69) is 5.32 Å². The van der Waals surface area contributed by atoms with E-state index in [9.17, 15) is 23.5 Å². The smallest absolute Gasteiger partial charge is 0.306 e. The first-order valence-corrected chi connectivity index (χ1v) is 11.6. The normalized spacial score (nSPS) is 11.9. The van der Waals surface area contributed by atoms with Crippen LogP contribution in [0.25, 0.3) is 22.3 Å². The number of carbonyl (C=O) groups excluding carboxylic acids is 1. The van der Waals surface area contributed by atoms with Crippen LogP contribution < -0.4 is 5.32 Å². The molecule has 0 bridgehead atoms. The SMILES string of the molecule is CC(CCCc1nc2cc(C(=O)NCc3cccc(F)c3)ccc2nc1-c1ccc(F)cc1)C(=O)O. The van der Waals surface area contributed by atoms with Crippen molar-refractivity contribution in [1.82, 2.24) is 15.3 Å². The zero-order valence-corrected chi connectivity index (χ0v) is 19.7. The van der Waals surface area contributed by atoms with Gasteiger partial charge in [-0.3, -0.25) is 9.59 Å². The van der Waals surface area contributed by atoms with Gasteiger partial charge in [-0.2, -0.15) is 0 Å². The molecule has 2 N–H and O–H groups in total. The zero-order chi connectivity index (χ0) is 25.7. The molecule has 1 amide bonds. The number of nitrogens with zero attached hydrogens (tertiary/aromatic N) is 2. The average Bonchev–Trinajstić information content (AvgIpc) is 2.87. The fourth-order valence-electron chi connectivity index (χ4n) is 3.88. The van der Waals surface area contributed by atoms with E-state index < -0.39 is 11.9 Å². The monoisotopic (exact) mass is 489 g/mol. The summed E-state index contributed by atoms with van der Waals surface area (Å²) in [7, 11) is 0. The molecule has 0 aliphatic carbocycles. The van der Waals surface area contributed by atoms with Crippen LogP contribution in [-0.4, -0.2) is 27.0 Å². The molecule has 0 spiro atoms. The molecule has 0 aliphatic heterocycles. The van der Waals surface area contributed by atoms with Crippen LogP contribution in [0.1, 0.15) is 41.4 Å². The van der Waals surface area contributed by atoms with Crippen LogP contribution in [0, 0.1) is 17.6 Å². The van der Waals surface area contributed by atoms with E-state index in [0.717, 1.165) is 0 Å². The highest BCUT2D eigenvalue weighted by Crippen LogP contribution is 2.26. The number of aromatic nitrogens is 2. The van der Waals surface area contributed by atoms with Crippen molar-refractivity contribution in [2.24, 2.45) is 5.92 Å². The molecule has 1 unspecified atom stereocenters. The molecular weight excluding hydrogens is 464 g/mol. The number of halogens is 2. The highest BCUT2D eigenvalue weighted by Gasteiger charge is 2.16.